The van der Waals surface area contributed by atoms with Crippen molar-refractivity contribution in [1.82, 2.24) is 9.38 Å². The van der Waals surface area contributed by atoms with Gasteiger partial charge in [0.25, 0.3) is 0 Å². The standard InChI is InChI=1S/C12H17N3O/c1-8(7-13)16-11-5-4-6-15-10(3)9(2)14-12(11)15/h4-6,8H,7,13H2,1-3H3. The van der Waals surface area contributed by atoms with Crippen LogP contribution in [0.25, 0.3) is 5.65 Å². The molecule has 0 saturated heterocycles. The second-order valence-corrected chi connectivity index (χ2v) is 4.01. The second-order valence-electron chi connectivity index (χ2n) is 4.01. The molecule has 0 fully saturated rings. The van der Waals surface area contributed by atoms with E-state index in [0.717, 1.165) is 22.8 Å². The van der Waals surface area contributed by atoms with Crippen LogP contribution in [-0.4, -0.2) is 22.0 Å². The highest BCUT2D eigenvalue weighted by atomic mass is 16.5. The average molecular weight is 219 g/mol. The molecular weight excluding hydrogens is 202 g/mol. The van der Waals surface area contributed by atoms with E-state index in [1.807, 2.05) is 43.5 Å². The zero-order valence-electron chi connectivity index (χ0n) is 9.90. The summed E-state index contributed by atoms with van der Waals surface area (Å²) >= 11 is 0. The predicted octanol–water partition coefficient (Wildman–Crippen LogP) is 1.68. The van der Waals surface area contributed by atoms with Crippen LogP contribution in [0.3, 0.4) is 0 Å². The molecular formula is C12H17N3O. The summed E-state index contributed by atoms with van der Waals surface area (Å²) in [6, 6.07) is 3.88. The Balaban J connectivity index is 2.50. The molecule has 1 atom stereocenters. The van der Waals surface area contributed by atoms with Crippen LogP contribution >= 0.6 is 0 Å². The molecule has 0 aliphatic heterocycles. The number of pyridine rings is 1. The van der Waals surface area contributed by atoms with Gasteiger partial charge in [-0.2, -0.15) is 0 Å². The van der Waals surface area contributed by atoms with E-state index in [0.29, 0.717) is 6.54 Å². The summed E-state index contributed by atoms with van der Waals surface area (Å²) in [5, 5.41) is 0. The van der Waals surface area contributed by atoms with E-state index in [-0.39, 0.29) is 6.10 Å². The van der Waals surface area contributed by atoms with Gasteiger partial charge in [-0.05, 0) is 32.9 Å². The molecule has 0 radical (unpaired) electrons. The highest BCUT2D eigenvalue weighted by Crippen LogP contribution is 2.22. The fourth-order valence-electron chi connectivity index (χ4n) is 1.63. The Kier molecular flexibility index (Phi) is 2.83. The van der Waals surface area contributed by atoms with Crippen LogP contribution in [0.1, 0.15) is 18.3 Å². The van der Waals surface area contributed by atoms with Crippen molar-refractivity contribution in [2.24, 2.45) is 5.73 Å². The molecule has 0 amide bonds. The van der Waals surface area contributed by atoms with E-state index >= 15 is 0 Å². The van der Waals surface area contributed by atoms with Crippen LogP contribution in [-0.2, 0) is 0 Å². The van der Waals surface area contributed by atoms with E-state index in [1.54, 1.807) is 0 Å². The van der Waals surface area contributed by atoms with Gasteiger partial charge in [0.05, 0.1) is 5.69 Å². The Morgan fingerprint density at radius 2 is 2.25 bits per heavy atom. The number of aryl methyl sites for hydroxylation is 2. The molecule has 1 unspecified atom stereocenters. The van der Waals surface area contributed by atoms with E-state index < -0.39 is 0 Å². The highest BCUT2D eigenvalue weighted by Gasteiger charge is 2.10. The summed E-state index contributed by atoms with van der Waals surface area (Å²) in [4.78, 5) is 4.50. The minimum absolute atomic E-state index is 0.00325. The molecule has 2 aromatic rings. The zero-order chi connectivity index (χ0) is 11.7. The first-order chi connectivity index (χ1) is 7.63. The van der Waals surface area contributed by atoms with Gasteiger partial charge in [0.1, 0.15) is 6.10 Å². The highest BCUT2D eigenvalue weighted by molar-refractivity contribution is 5.55. The first-order valence-corrected chi connectivity index (χ1v) is 5.44. The Bertz CT molecular complexity index is 504. The van der Waals surface area contributed by atoms with E-state index in [4.69, 9.17) is 10.5 Å². The SMILES string of the molecule is Cc1nc2c(OC(C)CN)cccn2c1C. The van der Waals surface area contributed by atoms with Crippen molar-refractivity contribution in [3.8, 4) is 5.75 Å². The maximum atomic E-state index is 5.74. The first kappa shape index (κ1) is 11.0. The Labute approximate surface area is 95.0 Å². The van der Waals surface area contributed by atoms with Gasteiger partial charge in [-0.25, -0.2) is 4.98 Å². The number of hydrogen-bond acceptors (Lipinski definition) is 3. The maximum absolute atomic E-state index is 5.74. The maximum Gasteiger partial charge on any atom is 0.180 e. The molecule has 86 valence electrons. The van der Waals surface area contributed by atoms with E-state index in [1.165, 1.54) is 0 Å². The van der Waals surface area contributed by atoms with E-state index in [2.05, 4.69) is 4.98 Å². The minimum Gasteiger partial charge on any atom is -0.485 e. The van der Waals surface area contributed by atoms with Crippen molar-refractivity contribution in [2.45, 2.75) is 26.9 Å². The molecule has 16 heavy (non-hydrogen) atoms. The topological polar surface area (TPSA) is 52.5 Å². The van der Waals surface area contributed by atoms with Gasteiger partial charge in [0.2, 0.25) is 0 Å². The minimum atomic E-state index is 0.00325. The fraction of sp³-hybridized carbons (Fsp3) is 0.417. The lowest BCUT2D eigenvalue weighted by Crippen LogP contribution is -2.23. The van der Waals surface area contributed by atoms with Gasteiger partial charge >= 0.3 is 0 Å². The van der Waals surface area contributed by atoms with Crippen LogP contribution < -0.4 is 10.5 Å². The molecule has 0 aromatic carbocycles. The van der Waals surface area contributed by atoms with Crippen LogP contribution in [0.4, 0.5) is 0 Å². The van der Waals surface area contributed by atoms with Gasteiger partial charge in [-0.15, -0.1) is 0 Å². The molecule has 2 aromatic heterocycles. The first-order valence-electron chi connectivity index (χ1n) is 5.44. The van der Waals surface area contributed by atoms with Gasteiger partial charge < -0.3 is 14.9 Å². The summed E-state index contributed by atoms with van der Waals surface area (Å²) in [6.07, 6.45) is 1.99. The van der Waals surface area contributed by atoms with Crippen molar-refractivity contribution >= 4 is 5.65 Å². The Morgan fingerprint density at radius 3 is 2.94 bits per heavy atom. The fourth-order valence-corrected chi connectivity index (χ4v) is 1.63. The molecule has 4 heteroatoms. The molecule has 2 N–H and O–H groups in total. The van der Waals surface area contributed by atoms with Gasteiger partial charge in [0, 0.05) is 18.4 Å². The third-order valence-electron chi connectivity index (χ3n) is 2.75. The molecule has 0 saturated carbocycles. The summed E-state index contributed by atoms with van der Waals surface area (Å²) < 4.78 is 7.77. The lowest BCUT2D eigenvalue weighted by molar-refractivity contribution is 0.231. The summed E-state index contributed by atoms with van der Waals surface area (Å²) in [6.45, 7) is 6.50. The number of fused-ring (bicyclic) bond motifs is 1. The average Bonchev–Trinajstić information content (AvgIpc) is 2.57. The summed E-state index contributed by atoms with van der Waals surface area (Å²) in [5.74, 6) is 0.789. The van der Waals surface area contributed by atoms with E-state index in [9.17, 15) is 0 Å². The number of nitrogens with zero attached hydrogens (tertiary/aromatic N) is 2. The molecule has 0 aliphatic rings. The largest absolute Gasteiger partial charge is 0.485 e. The van der Waals surface area contributed by atoms with Crippen molar-refractivity contribution in [2.75, 3.05) is 6.54 Å². The smallest absolute Gasteiger partial charge is 0.180 e. The number of ether oxygens (including phenoxy) is 1. The number of aromatic nitrogens is 2. The van der Waals surface area contributed by atoms with Gasteiger partial charge in [-0.1, -0.05) is 0 Å². The molecule has 2 rings (SSSR count). The number of imidazole rings is 1. The number of hydrogen-bond donors (Lipinski definition) is 1. The third-order valence-corrected chi connectivity index (χ3v) is 2.75. The van der Waals surface area contributed by atoms with Gasteiger partial charge in [-0.3, -0.25) is 0 Å². The van der Waals surface area contributed by atoms with Crippen LogP contribution in [0.15, 0.2) is 18.3 Å². The molecule has 0 spiro atoms. The normalized spacial score (nSPS) is 13.0. The van der Waals surface area contributed by atoms with Crippen LogP contribution in [0, 0.1) is 13.8 Å². The van der Waals surface area contributed by atoms with Crippen molar-refractivity contribution in [1.29, 1.82) is 0 Å². The molecule has 2 heterocycles. The van der Waals surface area contributed by atoms with Crippen LogP contribution in [0.2, 0.25) is 0 Å². The predicted molar refractivity (Wildman–Crippen MR) is 63.8 cm³/mol. The lowest BCUT2D eigenvalue weighted by Gasteiger charge is -2.12. The van der Waals surface area contributed by atoms with Gasteiger partial charge in [0.15, 0.2) is 11.4 Å². The Hall–Kier alpha value is -1.55. The van der Waals surface area contributed by atoms with Crippen molar-refractivity contribution < 1.29 is 4.74 Å². The Morgan fingerprint density at radius 1 is 1.50 bits per heavy atom. The molecule has 0 bridgehead atoms. The molecule has 4 nitrogen and oxygen atoms in total. The zero-order valence-corrected chi connectivity index (χ0v) is 9.90. The van der Waals surface area contributed by atoms with Crippen LogP contribution in [0.5, 0.6) is 5.75 Å². The quantitative estimate of drug-likeness (QED) is 0.854. The van der Waals surface area contributed by atoms with Crippen molar-refractivity contribution in [3.05, 3.63) is 29.7 Å². The molecule has 0 aliphatic carbocycles. The summed E-state index contributed by atoms with van der Waals surface area (Å²) in [5.41, 5.74) is 8.57. The number of nitrogens with two attached hydrogens (primary N) is 1. The summed E-state index contributed by atoms with van der Waals surface area (Å²) in [7, 11) is 0. The monoisotopic (exact) mass is 219 g/mol. The lowest BCUT2D eigenvalue weighted by atomic mass is 10.3. The third kappa shape index (κ3) is 1.76. The second kappa shape index (κ2) is 4.14. The van der Waals surface area contributed by atoms with Crippen molar-refractivity contribution in [3.63, 3.8) is 0 Å². The number of rotatable bonds is 3.